The molecule has 122 valence electrons. The normalized spacial score (nSPS) is 23.7. The van der Waals surface area contributed by atoms with Gasteiger partial charge in [-0.15, -0.1) is 10.2 Å². The fourth-order valence-corrected chi connectivity index (χ4v) is 2.98. The molecule has 1 aliphatic heterocycles. The summed E-state index contributed by atoms with van der Waals surface area (Å²) in [5.41, 5.74) is 0. The van der Waals surface area contributed by atoms with Crippen molar-refractivity contribution in [3.63, 3.8) is 0 Å². The smallest absolute Gasteiger partial charge is 0.248 e. The summed E-state index contributed by atoms with van der Waals surface area (Å²) in [5, 5.41) is 7.78. The largest absolute Gasteiger partial charge is 0.423 e. The Morgan fingerprint density at radius 1 is 1.32 bits per heavy atom. The topological polar surface area (TPSA) is 77.7 Å². The number of nitrogens with zero attached hydrogens (tertiary/aromatic N) is 3. The predicted octanol–water partition coefficient (Wildman–Crippen LogP) is 1.63. The summed E-state index contributed by atoms with van der Waals surface area (Å²) < 4.78 is 16.8. The Hall–Kier alpha value is -1.47. The molecule has 1 aromatic rings. The second-order valence-corrected chi connectivity index (χ2v) is 5.93. The average Bonchev–Trinajstić information content (AvgIpc) is 3.00. The van der Waals surface area contributed by atoms with Gasteiger partial charge in [0.25, 0.3) is 0 Å². The molecule has 0 unspecified atom stereocenters. The van der Waals surface area contributed by atoms with Gasteiger partial charge in [-0.2, -0.15) is 0 Å². The molecule has 1 amide bonds. The molecule has 0 spiro atoms. The Balaban J connectivity index is 1.49. The van der Waals surface area contributed by atoms with E-state index < -0.39 is 0 Å². The zero-order valence-corrected chi connectivity index (χ0v) is 13.0. The van der Waals surface area contributed by atoms with Gasteiger partial charge in [0, 0.05) is 13.5 Å². The van der Waals surface area contributed by atoms with Crippen molar-refractivity contribution in [2.45, 2.75) is 51.2 Å². The number of ether oxygens (including phenoxy) is 2. The van der Waals surface area contributed by atoms with Crippen LogP contribution in [0.2, 0.25) is 0 Å². The van der Waals surface area contributed by atoms with E-state index in [2.05, 4.69) is 10.2 Å². The predicted molar refractivity (Wildman–Crippen MR) is 77.1 cm³/mol. The van der Waals surface area contributed by atoms with Gasteiger partial charge in [0.1, 0.15) is 6.61 Å². The summed E-state index contributed by atoms with van der Waals surface area (Å²) in [7, 11) is 0. The van der Waals surface area contributed by atoms with Crippen LogP contribution in [-0.2, 0) is 14.3 Å². The summed E-state index contributed by atoms with van der Waals surface area (Å²) in [6.07, 6.45) is 5.73. The fraction of sp³-hybridized carbons (Fsp3) is 0.800. The van der Waals surface area contributed by atoms with E-state index in [1.54, 1.807) is 11.8 Å². The highest BCUT2D eigenvalue weighted by atomic mass is 16.5. The molecule has 1 saturated heterocycles. The second-order valence-electron chi connectivity index (χ2n) is 5.93. The standard InChI is InChI=1S/C15H23N3O4/c1-11-16-17-15(22-11)13-9-18(7-8-20-13)14(19)10-21-12-5-3-2-4-6-12/h12-13H,2-10H2,1H3/t13-/m0/s1. The highest BCUT2D eigenvalue weighted by Gasteiger charge is 2.29. The number of amides is 1. The minimum Gasteiger partial charge on any atom is -0.423 e. The molecular formula is C15H23N3O4. The van der Waals surface area contributed by atoms with Gasteiger partial charge in [-0.25, -0.2) is 0 Å². The first-order valence-corrected chi connectivity index (χ1v) is 8.03. The van der Waals surface area contributed by atoms with Crippen molar-refractivity contribution >= 4 is 5.91 Å². The molecule has 0 aromatic carbocycles. The maximum absolute atomic E-state index is 12.3. The van der Waals surface area contributed by atoms with Crippen molar-refractivity contribution in [2.75, 3.05) is 26.3 Å². The van der Waals surface area contributed by atoms with Gasteiger partial charge in [0.15, 0.2) is 6.10 Å². The third-order valence-electron chi connectivity index (χ3n) is 4.23. The first-order chi connectivity index (χ1) is 10.7. The molecule has 3 rings (SSSR count). The van der Waals surface area contributed by atoms with E-state index in [0.29, 0.717) is 31.5 Å². The van der Waals surface area contributed by atoms with Crippen LogP contribution in [0.4, 0.5) is 0 Å². The molecule has 1 atom stereocenters. The molecule has 7 nitrogen and oxygen atoms in total. The Morgan fingerprint density at radius 3 is 2.86 bits per heavy atom. The van der Waals surface area contributed by atoms with Gasteiger partial charge in [0.05, 0.1) is 19.3 Å². The quantitative estimate of drug-likeness (QED) is 0.841. The lowest BCUT2D eigenvalue weighted by Gasteiger charge is -2.32. The van der Waals surface area contributed by atoms with Crippen LogP contribution in [0.3, 0.4) is 0 Å². The van der Waals surface area contributed by atoms with Gasteiger partial charge in [-0.1, -0.05) is 19.3 Å². The minimum absolute atomic E-state index is 0.00936. The zero-order chi connectivity index (χ0) is 15.4. The van der Waals surface area contributed by atoms with E-state index >= 15 is 0 Å². The summed E-state index contributed by atoms with van der Waals surface area (Å²) in [5.74, 6) is 0.945. The lowest BCUT2D eigenvalue weighted by molar-refractivity contribution is -0.147. The van der Waals surface area contributed by atoms with Crippen LogP contribution >= 0.6 is 0 Å². The van der Waals surface area contributed by atoms with Gasteiger partial charge in [0.2, 0.25) is 17.7 Å². The van der Waals surface area contributed by atoms with Crippen LogP contribution < -0.4 is 0 Å². The Bertz CT molecular complexity index is 499. The van der Waals surface area contributed by atoms with Gasteiger partial charge in [-0.3, -0.25) is 4.79 Å². The number of morpholine rings is 1. The van der Waals surface area contributed by atoms with Crippen LogP contribution in [0.5, 0.6) is 0 Å². The highest BCUT2D eigenvalue weighted by molar-refractivity contribution is 5.77. The monoisotopic (exact) mass is 309 g/mol. The fourth-order valence-electron chi connectivity index (χ4n) is 2.98. The zero-order valence-electron chi connectivity index (χ0n) is 13.0. The van der Waals surface area contributed by atoms with Crippen LogP contribution in [-0.4, -0.2) is 53.4 Å². The molecule has 1 aromatic heterocycles. The molecule has 2 aliphatic rings. The second kappa shape index (κ2) is 7.19. The van der Waals surface area contributed by atoms with E-state index in [-0.39, 0.29) is 24.7 Å². The molecular weight excluding hydrogens is 286 g/mol. The summed E-state index contributed by atoms with van der Waals surface area (Å²) in [6, 6.07) is 0. The first-order valence-electron chi connectivity index (χ1n) is 8.03. The first kappa shape index (κ1) is 15.4. The minimum atomic E-state index is -0.339. The molecule has 1 aliphatic carbocycles. The lowest BCUT2D eigenvalue weighted by Crippen LogP contribution is -2.44. The third kappa shape index (κ3) is 3.84. The highest BCUT2D eigenvalue weighted by Crippen LogP contribution is 2.22. The summed E-state index contributed by atoms with van der Waals surface area (Å²) >= 11 is 0. The van der Waals surface area contributed by atoms with Crippen LogP contribution in [0, 0.1) is 6.92 Å². The Morgan fingerprint density at radius 2 is 2.14 bits per heavy atom. The van der Waals surface area contributed by atoms with Crippen molar-refractivity contribution in [2.24, 2.45) is 0 Å². The number of carbonyl (C=O) groups is 1. The van der Waals surface area contributed by atoms with Crippen LogP contribution in [0.25, 0.3) is 0 Å². The Kier molecular flexibility index (Phi) is 5.04. The van der Waals surface area contributed by atoms with E-state index in [0.717, 1.165) is 12.8 Å². The number of aromatic nitrogens is 2. The molecule has 2 fully saturated rings. The van der Waals surface area contributed by atoms with Gasteiger partial charge in [-0.05, 0) is 12.8 Å². The molecule has 0 bridgehead atoms. The number of hydrogen-bond donors (Lipinski definition) is 0. The van der Waals surface area contributed by atoms with Crippen molar-refractivity contribution < 1.29 is 18.7 Å². The molecule has 0 N–H and O–H groups in total. The maximum Gasteiger partial charge on any atom is 0.248 e. The number of rotatable bonds is 4. The van der Waals surface area contributed by atoms with Crippen molar-refractivity contribution in [1.29, 1.82) is 0 Å². The maximum atomic E-state index is 12.3. The van der Waals surface area contributed by atoms with Crippen LogP contribution in [0.1, 0.15) is 50.0 Å². The third-order valence-corrected chi connectivity index (χ3v) is 4.23. The van der Waals surface area contributed by atoms with E-state index in [4.69, 9.17) is 13.9 Å². The van der Waals surface area contributed by atoms with Crippen molar-refractivity contribution in [1.82, 2.24) is 15.1 Å². The Labute approximate surface area is 130 Å². The van der Waals surface area contributed by atoms with Crippen molar-refractivity contribution in [3.05, 3.63) is 11.8 Å². The van der Waals surface area contributed by atoms with Gasteiger partial charge < -0.3 is 18.8 Å². The molecule has 7 heteroatoms. The average molecular weight is 309 g/mol. The van der Waals surface area contributed by atoms with Crippen LogP contribution in [0.15, 0.2) is 4.42 Å². The van der Waals surface area contributed by atoms with E-state index in [9.17, 15) is 4.79 Å². The van der Waals surface area contributed by atoms with Gasteiger partial charge >= 0.3 is 0 Å². The molecule has 1 saturated carbocycles. The summed E-state index contributed by atoms with van der Waals surface area (Å²) in [4.78, 5) is 14.1. The van der Waals surface area contributed by atoms with Crippen molar-refractivity contribution in [3.8, 4) is 0 Å². The SMILES string of the molecule is Cc1nnc([C@@H]2CN(C(=O)COC3CCCCC3)CCO2)o1. The molecule has 0 radical (unpaired) electrons. The number of aryl methyl sites for hydroxylation is 1. The number of hydrogen-bond acceptors (Lipinski definition) is 6. The van der Waals surface area contributed by atoms with E-state index in [1.807, 2.05) is 0 Å². The molecule has 2 heterocycles. The molecule has 22 heavy (non-hydrogen) atoms. The van der Waals surface area contributed by atoms with E-state index in [1.165, 1.54) is 19.3 Å². The summed E-state index contributed by atoms with van der Waals surface area (Å²) in [6.45, 7) is 3.38. The number of carbonyl (C=O) groups excluding carboxylic acids is 1. The lowest BCUT2D eigenvalue weighted by atomic mass is 9.98.